The van der Waals surface area contributed by atoms with E-state index in [1.807, 2.05) is 48.8 Å². The summed E-state index contributed by atoms with van der Waals surface area (Å²) in [6.45, 7) is 0. The van der Waals surface area contributed by atoms with Crippen LogP contribution in [0.15, 0.2) is 67.3 Å². The van der Waals surface area contributed by atoms with Gasteiger partial charge in [-0.2, -0.15) is 0 Å². The molecule has 0 aliphatic heterocycles. The summed E-state index contributed by atoms with van der Waals surface area (Å²) in [6.07, 6.45) is 7.17. The number of hydrogen-bond donors (Lipinski definition) is 0. The molecule has 0 unspecified atom stereocenters. The summed E-state index contributed by atoms with van der Waals surface area (Å²) in [4.78, 5) is 8.27. The van der Waals surface area contributed by atoms with Gasteiger partial charge in [0.05, 0.1) is 0 Å². The molecule has 2 heterocycles. The smallest absolute Gasteiger partial charge is 0.0485 e. The minimum Gasteiger partial charge on any atom is -0.264 e. The van der Waals surface area contributed by atoms with Crippen LogP contribution in [-0.4, -0.2) is 9.97 Å². The van der Waals surface area contributed by atoms with Crippen molar-refractivity contribution in [1.82, 2.24) is 9.97 Å². The fourth-order valence-electron chi connectivity index (χ4n) is 1.98. The Morgan fingerprint density at radius 3 is 2.05 bits per heavy atom. The van der Waals surface area contributed by atoms with Gasteiger partial charge in [-0.25, -0.2) is 0 Å². The Bertz CT molecular complexity index is 682. The Morgan fingerprint density at radius 1 is 0.737 bits per heavy atom. The molecule has 3 aromatic rings. The molecular formula is C16H11ClN2. The largest absolute Gasteiger partial charge is 0.264 e. The van der Waals surface area contributed by atoms with Crippen molar-refractivity contribution in [3.63, 3.8) is 0 Å². The molecule has 0 fully saturated rings. The van der Waals surface area contributed by atoms with Gasteiger partial charge in [0.2, 0.25) is 0 Å². The number of aromatic nitrogens is 2. The lowest BCUT2D eigenvalue weighted by Gasteiger charge is -2.07. The zero-order chi connectivity index (χ0) is 13.1. The van der Waals surface area contributed by atoms with E-state index >= 15 is 0 Å². The predicted molar refractivity (Wildman–Crippen MR) is 77.9 cm³/mol. The van der Waals surface area contributed by atoms with Crippen LogP contribution in [0.1, 0.15) is 0 Å². The summed E-state index contributed by atoms with van der Waals surface area (Å²) in [5.41, 5.74) is 4.16. The van der Waals surface area contributed by atoms with Crippen molar-refractivity contribution in [3.8, 4) is 22.3 Å². The molecule has 0 radical (unpaired) electrons. The molecule has 92 valence electrons. The van der Waals surface area contributed by atoms with Gasteiger partial charge < -0.3 is 0 Å². The average molecular weight is 267 g/mol. The Balaban J connectivity index is 2.12. The van der Waals surface area contributed by atoms with Crippen molar-refractivity contribution < 1.29 is 0 Å². The second kappa shape index (κ2) is 5.21. The normalized spacial score (nSPS) is 10.4. The topological polar surface area (TPSA) is 25.8 Å². The van der Waals surface area contributed by atoms with Gasteiger partial charge in [-0.05, 0) is 29.8 Å². The van der Waals surface area contributed by atoms with Crippen molar-refractivity contribution >= 4 is 11.6 Å². The molecule has 19 heavy (non-hydrogen) atoms. The highest BCUT2D eigenvalue weighted by atomic mass is 35.5. The third kappa shape index (κ3) is 2.49. The monoisotopic (exact) mass is 266 g/mol. The minimum absolute atomic E-state index is 0.723. The second-order valence-corrected chi connectivity index (χ2v) is 4.59. The highest BCUT2D eigenvalue weighted by Gasteiger charge is 2.06. The van der Waals surface area contributed by atoms with Gasteiger partial charge in [-0.3, -0.25) is 9.97 Å². The molecule has 0 saturated carbocycles. The van der Waals surface area contributed by atoms with Gasteiger partial charge in [0.15, 0.2) is 0 Å². The number of benzene rings is 1. The highest BCUT2D eigenvalue weighted by Crippen LogP contribution is 2.31. The SMILES string of the molecule is Clc1ccc(-c2cccnc2)cc1-c1cccnc1. The summed E-state index contributed by atoms with van der Waals surface area (Å²) < 4.78 is 0. The fourth-order valence-corrected chi connectivity index (χ4v) is 2.21. The van der Waals surface area contributed by atoms with Crippen LogP contribution < -0.4 is 0 Å². The lowest BCUT2D eigenvalue weighted by molar-refractivity contribution is 1.32. The van der Waals surface area contributed by atoms with Crippen LogP contribution in [0.2, 0.25) is 5.02 Å². The van der Waals surface area contributed by atoms with Gasteiger partial charge in [-0.15, -0.1) is 0 Å². The van der Waals surface area contributed by atoms with Crippen LogP contribution in [-0.2, 0) is 0 Å². The summed E-state index contributed by atoms with van der Waals surface area (Å²) in [6, 6.07) is 13.8. The number of hydrogen-bond acceptors (Lipinski definition) is 2. The molecule has 0 amide bonds. The standard InChI is InChI=1S/C16H11ClN2/c17-16-6-5-12(13-3-1-7-18-10-13)9-15(16)14-4-2-8-19-11-14/h1-11H. The van der Waals surface area contributed by atoms with Crippen molar-refractivity contribution in [2.45, 2.75) is 0 Å². The van der Waals surface area contributed by atoms with Gasteiger partial charge in [0, 0.05) is 46.5 Å². The van der Waals surface area contributed by atoms with Gasteiger partial charge in [0.1, 0.15) is 0 Å². The molecule has 3 rings (SSSR count). The van der Waals surface area contributed by atoms with Crippen molar-refractivity contribution in [2.24, 2.45) is 0 Å². The molecule has 0 aliphatic rings. The quantitative estimate of drug-likeness (QED) is 0.684. The fraction of sp³-hybridized carbons (Fsp3) is 0. The Morgan fingerprint density at radius 2 is 1.42 bits per heavy atom. The first kappa shape index (κ1) is 11.9. The lowest BCUT2D eigenvalue weighted by Crippen LogP contribution is -1.84. The first-order chi connectivity index (χ1) is 9.34. The van der Waals surface area contributed by atoms with E-state index < -0.39 is 0 Å². The molecule has 1 aromatic carbocycles. The summed E-state index contributed by atoms with van der Waals surface area (Å²) in [5, 5.41) is 0.723. The first-order valence-electron chi connectivity index (χ1n) is 5.95. The molecule has 0 N–H and O–H groups in total. The van der Waals surface area contributed by atoms with E-state index in [4.69, 9.17) is 11.6 Å². The molecule has 3 heteroatoms. The predicted octanol–water partition coefficient (Wildman–Crippen LogP) is 4.46. The maximum Gasteiger partial charge on any atom is 0.0485 e. The molecule has 2 aromatic heterocycles. The van der Waals surface area contributed by atoms with Crippen molar-refractivity contribution in [2.75, 3.05) is 0 Å². The van der Waals surface area contributed by atoms with E-state index in [-0.39, 0.29) is 0 Å². The number of halogens is 1. The molecule has 0 spiro atoms. The number of nitrogens with zero attached hydrogens (tertiary/aromatic N) is 2. The first-order valence-corrected chi connectivity index (χ1v) is 6.33. The van der Waals surface area contributed by atoms with Crippen LogP contribution in [0, 0.1) is 0 Å². The molecule has 0 aliphatic carbocycles. The van der Waals surface area contributed by atoms with Crippen LogP contribution in [0.25, 0.3) is 22.3 Å². The van der Waals surface area contributed by atoms with E-state index in [1.165, 1.54) is 0 Å². The molecule has 0 bridgehead atoms. The van der Waals surface area contributed by atoms with Crippen molar-refractivity contribution in [1.29, 1.82) is 0 Å². The maximum absolute atomic E-state index is 6.27. The zero-order valence-corrected chi connectivity index (χ0v) is 10.9. The van der Waals surface area contributed by atoms with Crippen molar-refractivity contribution in [3.05, 3.63) is 72.3 Å². The molecule has 0 saturated heterocycles. The van der Waals surface area contributed by atoms with E-state index in [2.05, 4.69) is 16.0 Å². The zero-order valence-electron chi connectivity index (χ0n) is 10.1. The summed E-state index contributed by atoms with van der Waals surface area (Å²) >= 11 is 6.27. The van der Waals surface area contributed by atoms with Crippen LogP contribution >= 0.6 is 11.6 Å². The molecule has 2 nitrogen and oxygen atoms in total. The number of rotatable bonds is 2. The second-order valence-electron chi connectivity index (χ2n) is 4.18. The Hall–Kier alpha value is -2.19. The van der Waals surface area contributed by atoms with Gasteiger partial charge in [-0.1, -0.05) is 29.8 Å². The summed E-state index contributed by atoms with van der Waals surface area (Å²) in [7, 11) is 0. The van der Waals surface area contributed by atoms with E-state index in [0.717, 1.165) is 27.3 Å². The third-order valence-electron chi connectivity index (χ3n) is 2.93. The average Bonchev–Trinajstić information content (AvgIpc) is 2.49. The van der Waals surface area contributed by atoms with E-state index in [1.54, 1.807) is 12.4 Å². The minimum atomic E-state index is 0.723. The van der Waals surface area contributed by atoms with Crippen LogP contribution in [0.4, 0.5) is 0 Å². The Labute approximate surface area is 116 Å². The van der Waals surface area contributed by atoms with E-state index in [9.17, 15) is 0 Å². The van der Waals surface area contributed by atoms with Crippen LogP contribution in [0.3, 0.4) is 0 Å². The Kier molecular flexibility index (Phi) is 3.25. The molecule has 0 atom stereocenters. The maximum atomic E-state index is 6.27. The van der Waals surface area contributed by atoms with E-state index in [0.29, 0.717) is 0 Å². The summed E-state index contributed by atoms with van der Waals surface area (Å²) in [5.74, 6) is 0. The van der Waals surface area contributed by atoms with Crippen LogP contribution in [0.5, 0.6) is 0 Å². The van der Waals surface area contributed by atoms with Gasteiger partial charge in [0.25, 0.3) is 0 Å². The number of pyridine rings is 2. The molecular weight excluding hydrogens is 256 g/mol. The highest BCUT2D eigenvalue weighted by molar-refractivity contribution is 6.33. The third-order valence-corrected chi connectivity index (χ3v) is 3.26. The van der Waals surface area contributed by atoms with Gasteiger partial charge >= 0.3 is 0 Å². The lowest BCUT2D eigenvalue weighted by atomic mass is 10.0.